The number of piperazine rings is 1. The van der Waals surface area contributed by atoms with Gasteiger partial charge in [0.15, 0.2) is 0 Å². The molecule has 180 valence electrons. The molecule has 1 aliphatic carbocycles. The molecule has 5 rings (SSSR count). The van der Waals surface area contributed by atoms with E-state index in [1.165, 1.54) is 5.56 Å². The molecular weight excluding hydrogens is 440 g/mol. The van der Waals surface area contributed by atoms with Crippen molar-refractivity contribution in [2.45, 2.75) is 19.3 Å². The van der Waals surface area contributed by atoms with Crippen molar-refractivity contribution in [1.82, 2.24) is 9.88 Å². The quantitative estimate of drug-likeness (QED) is 0.561. The van der Waals surface area contributed by atoms with Crippen LogP contribution in [-0.2, 0) is 4.79 Å². The Morgan fingerprint density at radius 1 is 0.971 bits per heavy atom. The maximum Gasteiger partial charge on any atom is 0.259 e. The number of carbonyl (C=O) groups is 2. The highest BCUT2D eigenvalue weighted by molar-refractivity contribution is 6.06. The van der Waals surface area contributed by atoms with Crippen molar-refractivity contribution in [3.8, 4) is 5.75 Å². The number of nitrogens with zero attached hydrogens (tertiary/aromatic N) is 3. The Morgan fingerprint density at radius 3 is 2.43 bits per heavy atom. The largest absolute Gasteiger partial charge is 0.493 e. The van der Waals surface area contributed by atoms with Gasteiger partial charge in [0.1, 0.15) is 11.6 Å². The average molecular weight is 471 g/mol. The van der Waals surface area contributed by atoms with Crippen molar-refractivity contribution in [3.05, 3.63) is 84.1 Å². The Bertz CT molecular complexity index is 1170. The van der Waals surface area contributed by atoms with Crippen LogP contribution in [0.3, 0.4) is 0 Å². The van der Waals surface area contributed by atoms with Crippen LogP contribution in [0.1, 0.15) is 35.2 Å². The summed E-state index contributed by atoms with van der Waals surface area (Å²) < 4.78 is 5.56. The van der Waals surface area contributed by atoms with E-state index < -0.39 is 0 Å². The van der Waals surface area contributed by atoms with Crippen LogP contribution < -0.4 is 15.0 Å². The molecule has 2 aliphatic rings. The van der Waals surface area contributed by atoms with Gasteiger partial charge in [0.2, 0.25) is 5.91 Å². The number of ether oxygens (including phenoxy) is 1. The van der Waals surface area contributed by atoms with E-state index in [1.54, 1.807) is 18.3 Å². The van der Waals surface area contributed by atoms with Crippen molar-refractivity contribution in [2.24, 2.45) is 5.92 Å². The third-order valence-electron chi connectivity index (χ3n) is 6.69. The van der Waals surface area contributed by atoms with E-state index in [0.29, 0.717) is 42.6 Å². The zero-order chi connectivity index (χ0) is 24.2. The summed E-state index contributed by atoms with van der Waals surface area (Å²) in [5, 5.41) is 2.89. The molecule has 7 nitrogen and oxygen atoms in total. The van der Waals surface area contributed by atoms with Gasteiger partial charge in [-0.1, -0.05) is 42.5 Å². The van der Waals surface area contributed by atoms with Gasteiger partial charge in [-0.15, -0.1) is 0 Å². The number of hydrogen-bond acceptors (Lipinski definition) is 5. The maximum absolute atomic E-state index is 13.0. The number of anilines is 2. The summed E-state index contributed by atoms with van der Waals surface area (Å²) in [5.74, 6) is 1.94. The number of amides is 2. The summed E-state index contributed by atoms with van der Waals surface area (Å²) in [4.78, 5) is 34.4. The highest BCUT2D eigenvalue weighted by Crippen LogP contribution is 2.48. The highest BCUT2D eigenvalue weighted by atomic mass is 16.5. The molecular formula is C28H30N4O3. The number of carbonyl (C=O) groups excluding carboxylic acids is 2. The second kappa shape index (κ2) is 10.2. The van der Waals surface area contributed by atoms with Gasteiger partial charge < -0.3 is 19.9 Å². The minimum Gasteiger partial charge on any atom is -0.493 e. The Kier molecular flexibility index (Phi) is 6.66. The first-order valence-corrected chi connectivity index (χ1v) is 12.2. The van der Waals surface area contributed by atoms with E-state index in [1.807, 2.05) is 54.3 Å². The standard InChI is InChI=1S/C28H30N4O3/c1-2-35-25-11-7-6-10-22(25)27(33)30-21-12-13-26(29-19-21)31-14-16-32(17-15-31)28(34)24-18-23(24)20-8-4-3-5-9-20/h3-13,19,23-24H,2,14-18H2,1H3,(H,30,33)/t23-,24?/m0/s1. The van der Waals surface area contributed by atoms with E-state index in [0.717, 1.165) is 25.3 Å². The fraction of sp³-hybridized carbons (Fsp3) is 0.321. The van der Waals surface area contributed by atoms with Crippen molar-refractivity contribution < 1.29 is 14.3 Å². The normalized spacial score (nSPS) is 19.2. The number of pyridine rings is 1. The van der Waals surface area contributed by atoms with Gasteiger partial charge in [0.05, 0.1) is 24.1 Å². The Hall–Kier alpha value is -3.87. The second-order valence-electron chi connectivity index (χ2n) is 8.96. The molecule has 2 heterocycles. The van der Waals surface area contributed by atoms with Gasteiger partial charge in [0.25, 0.3) is 5.91 Å². The van der Waals surface area contributed by atoms with Crippen molar-refractivity contribution in [3.63, 3.8) is 0 Å². The molecule has 2 aromatic carbocycles. The lowest BCUT2D eigenvalue weighted by atomic mass is 10.1. The third kappa shape index (κ3) is 5.14. The van der Waals surface area contributed by atoms with Crippen LogP contribution in [0.5, 0.6) is 5.75 Å². The smallest absolute Gasteiger partial charge is 0.259 e. The van der Waals surface area contributed by atoms with Crippen molar-refractivity contribution in [2.75, 3.05) is 43.0 Å². The molecule has 2 fully saturated rings. The topological polar surface area (TPSA) is 74.8 Å². The predicted molar refractivity (Wildman–Crippen MR) is 136 cm³/mol. The third-order valence-corrected chi connectivity index (χ3v) is 6.69. The van der Waals surface area contributed by atoms with Crippen LogP contribution in [0.2, 0.25) is 0 Å². The second-order valence-corrected chi connectivity index (χ2v) is 8.96. The SMILES string of the molecule is CCOc1ccccc1C(=O)Nc1ccc(N2CCN(C(=O)C3C[C@H]3c3ccccc3)CC2)nc1. The summed E-state index contributed by atoms with van der Waals surface area (Å²) in [5.41, 5.74) is 2.38. The molecule has 1 saturated heterocycles. The van der Waals surface area contributed by atoms with Gasteiger partial charge in [0, 0.05) is 32.1 Å². The van der Waals surface area contributed by atoms with Crippen LogP contribution in [0.15, 0.2) is 72.9 Å². The lowest BCUT2D eigenvalue weighted by molar-refractivity contribution is -0.133. The van der Waals surface area contributed by atoms with E-state index in [9.17, 15) is 9.59 Å². The zero-order valence-corrected chi connectivity index (χ0v) is 19.9. The first kappa shape index (κ1) is 22.9. The number of benzene rings is 2. The van der Waals surface area contributed by atoms with Gasteiger partial charge in [-0.25, -0.2) is 4.98 Å². The summed E-state index contributed by atoms with van der Waals surface area (Å²) in [7, 11) is 0. The predicted octanol–water partition coefficient (Wildman–Crippen LogP) is 4.18. The number of hydrogen-bond donors (Lipinski definition) is 1. The first-order valence-electron chi connectivity index (χ1n) is 12.2. The monoisotopic (exact) mass is 470 g/mol. The molecule has 1 saturated carbocycles. The zero-order valence-electron chi connectivity index (χ0n) is 19.9. The van der Waals surface area contributed by atoms with Crippen molar-refractivity contribution in [1.29, 1.82) is 0 Å². The van der Waals surface area contributed by atoms with Gasteiger partial charge >= 0.3 is 0 Å². The molecule has 35 heavy (non-hydrogen) atoms. The molecule has 1 aromatic heterocycles. The summed E-state index contributed by atoms with van der Waals surface area (Å²) in [6.45, 7) is 5.27. The fourth-order valence-corrected chi connectivity index (χ4v) is 4.71. The van der Waals surface area contributed by atoms with E-state index in [4.69, 9.17) is 4.74 Å². The number of rotatable bonds is 7. The van der Waals surface area contributed by atoms with Crippen LogP contribution in [-0.4, -0.2) is 54.5 Å². The van der Waals surface area contributed by atoms with E-state index in [2.05, 4.69) is 27.3 Å². The molecule has 0 bridgehead atoms. The molecule has 1 N–H and O–H groups in total. The molecule has 3 aromatic rings. The first-order chi connectivity index (χ1) is 17.1. The van der Waals surface area contributed by atoms with E-state index in [-0.39, 0.29) is 17.7 Å². The summed E-state index contributed by atoms with van der Waals surface area (Å²) in [6, 6.07) is 21.3. The van der Waals surface area contributed by atoms with E-state index >= 15 is 0 Å². The van der Waals surface area contributed by atoms with Crippen LogP contribution in [0, 0.1) is 5.92 Å². The molecule has 2 atom stereocenters. The number of nitrogens with one attached hydrogen (secondary N) is 1. The van der Waals surface area contributed by atoms with Crippen LogP contribution >= 0.6 is 0 Å². The Labute approximate surface area is 205 Å². The van der Waals surface area contributed by atoms with Crippen molar-refractivity contribution >= 4 is 23.3 Å². The van der Waals surface area contributed by atoms with Gasteiger partial charge in [-0.3, -0.25) is 9.59 Å². The Balaban J connectivity index is 1.14. The highest BCUT2D eigenvalue weighted by Gasteiger charge is 2.46. The molecule has 1 unspecified atom stereocenters. The van der Waals surface area contributed by atoms with Gasteiger partial charge in [-0.2, -0.15) is 0 Å². The lowest BCUT2D eigenvalue weighted by Gasteiger charge is -2.35. The number of aromatic nitrogens is 1. The molecule has 0 spiro atoms. The minimum absolute atomic E-state index is 0.123. The van der Waals surface area contributed by atoms with Gasteiger partial charge in [-0.05, 0) is 49.1 Å². The average Bonchev–Trinajstić information content (AvgIpc) is 3.71. The summed E-state index contributed by atoms with van der Waals surface area (Å²) >= 11 is 0. The molecule has 2 amide bonds. The number of para-hydroxylation sites is 1. The summed E-state index contributed by atoms with van der Waals surface area (Å²) in [6.07, 6.45) is 2.62. The maximum atomic E-state index is 13.0. The molecule has 7 heteroatoms. The minimum atomic E-state index is -0.232. The fourth-order valence-electron chi connectivity index (χ4n) is 4.71. The van der Waals surface area contributed by atoms with Crippen LogP contribution in [0.25, 0.3) is 0 Å². The Morgan fingerprint density at radius 2 is 1.71 bits per heavy atom. The molecule has 0 radical (unpaired) electrons. The molecule has 1 aliphatic heterocycles. The lowest BCUT2D eigenvalue weighted by Crippen LogP contribution is -2.49. The van der Waals surface area contributed by atoms with Crippen LogP contribution in [0.4, 0.5) is 11.5 Å².